The van der Waals surface area contributed by atoms with E-state index in [1.807, 2.05) is 36.4 Å². The summed E-state index contributed by atoms with van der Waals surface area (Å²) >= 11 is 0. The zero-order chi connectivity index (χ0) is 25.3. The van der Waals surface area contributed by atoms with Gasteiger partial charge in [0.05, 0.1) is 6.54 Å². The van der Waals surface area contributed by atoms with Crippen LogP contribution in [0, 0.1) is 0 Å². The molecule has 0 aliphatic carbocycles. The number of amides is 2. The number of carboxylic acid groups (broad SMARTS) is 1. The molecule has 2 aromatic carbocycles. The lowest BCUT2D eigenvalue weighted by Gasteiger charge is -2.31. The third-order valence-electron chi connectivity index (χ3n) is 6.32. The van der Waals surface area contributed by atoms with Gasteiger partial charge in [0.15, 0.2) is 0 Å². The number of benzene rings is 2. The van der Waals surface area contributed by atoms with Crippen LogP contribution < -0.4 is 5.32 Å². The largest absolute Gasteiger partial charge is 0.465 e. The van der Waals surface area contributed by atoms with Gasteiger partial charge >= 0.3 is 6.09 Å². The smallest absolute Gasteiger partial charge is 0.405 e. The lowest BCUT2D eigenvalue weighted by atomic mass is 9.96. The number of pyridine rings is 1. The minimum absolute atomic E-state index is 0.0361. The van der Waals surface area contributed by atoms with Crippen molar-refractivity contribution in [1.29, 1.82) is 0 Å². The summed E-state index contributed by atoms with van der Waals surface area (Å²) in [5, 5.41) is 12.0. The van der Waals surface area contributed by atoms with E-state index in [0.29, 0.717) is 16.9 Å². The highest BCUT2D eigenvalue weighted by Crippen LogP contribution is 2.36. The summed E-state index contributed by atoms with van der Waals surface area (Å²) in [6, 6.07) is 16.5. The molecule has 0 unspecified atom stereocenters. The van der Waals surface area contributed by atoms with Crippen molar-refractivity contribution >= 4 is 23.0 Å². The quantitative estimate of drug-likeness (QED) is 0.368. The normalized spacial score (nSPS) is 15.1. The molecule has 1 fully saturated rings. The molecular weight excluding hydrogens is 468 g/mol. The van der Waals surface area contributed by atoms with Crippen LogP contribution in [0.4, 0.5) is 13.6 Å². The number of nitrogens with zero attached hydrogens (tertiary/aromatic N) is 2. The second kappa shape index (κ2) is 9.41. The number of halogens is 2. The molecule has 0 radical (unpaired) electrons. The van der Waals surface area contributed by atoms with E-state index in [2.05, 4.69) is 10.3 Å². The summed E-state index contributed by atoms with van der Waals surface area (Å²) in [7, 11) is 0. The molecule has 0 bridgehead atoms. The number of nitrogens with one attached hydrogen (secondary N) is 1. The highest BCUT2D eigenvalue weighted by atomic mass is 19.3. The molecule has 7 nitrogen and oxygen atoms in total. The van der Waals surface area contributed by atoms with E-state index < -0.39 is 12.0 Å². The summed E-state index contributed by atoms with van der Waals surface area (Å²) < 4.78 is 32.9. The molecule has 1 aliphatic rings. The Balaban J connectivity index is 1.47. The second-order valence-electron chi connectivity index (χ2n) is 8.77. The van der Waals surface area contributed by atoms with E-state index in [1.165, 1.54) is 4.90 Å². The van der Waals surface area contributed by atoms with Crippen LogP contribution in [-0.4, -0.2) is 46.0 Å². The first-order valence-corrected chi connectivity index (χ1v) is 11.5. The third-order valence-corrected chi connectivity index (χ3v) is 6.32. The van der Waals surface area contributed by atoms with Gasteiger partial charge in [0.25, 0.3) is 11.8 Å². The Morgan fingerprint density at radius 3 is 2.33 bits per heavy atom. The number of likely N-dealkylation sites (tertiary alicyclic amines) is 1. The zero-order valence-electron chi connectivity index (χ0n) is 19.2. The number of rotatable bonds is 5. The van der Waals surface area contributed by atoms with Gasteiger partial charge in [-0.25, -0.2) is 13.6 Å². The van der Waals surface area contributed by atoms with Crippen molar-refractivity contribution in [3.05, 3.63) is 78.3 Å². The van der Waals surface area contributed by atoms with Gasteiger partial charge in [-0.05, 0) is 59.2 Å². The van der Waals surface area contributed by atoms with E-state index in [4.69, 9.17) is 9.52 Å². The topological polar surface area (TPSA) is 95.7 Å². The molecule has 1 aliphatic heterocycles. The molecule has 184 valence electrons. The first kappa shape index (κ1) is 23.5. The molecule has 5 rings (SSSR count). The number of hydrogen-bond donors (Lipinski definition) is 2. The van der Waals surface area contributed by atoms with Crippen molar-refractivity contribution in [2.75, 3.05) is 13.1 Å². The Hall–Kier alpha value is -4.27. The van der Waals surface area contributed by atoms with Gasteiger partial charge in [0, 0.05) is 54.8 Å². The van der Waals surface area contributed by atoms with E-state index in [0.717, 1.165) is 27.6 Å². The van der Waals surface area contributed by atoms with Gasteiger partial charge in [-0.1, -0.05) is 12.1 Å². The van der Waals surface area contributed by atoms with E-state index in [9.17, 15) is 18.4 Å². The molecule has 2 aromatic heterocycles. The van der Waals surface area contributed by atoms with Crippen LogP contribution in [0.5, 0.6) is 0 Å². The maximum absolute atomic E-state index is 13.5. The number of carbonyl (C=O) groups excluding carboxylic acids is 1. The molecule has 2 amide bonds. The third kappa shape index (κ3) is 4.91. The van der Waals surface area contributed by atoms with Crippen molar-refractivity contribution in [2.45, 2.75) is 25.3 Å². The summed E-state index contributed by atoms with van der Waals surface area (Å²) in [4.78, 5) is 29.2. The molecule has 3 heterocycles. The monoisotopic (exact) mass is 491 g/mol. The maximum atomic E-state index is 13.5. The molecular formula is C27H23F2N3O4. The van der Waals surface area contributed by atoms with Gasteiger partial charge in [0.1, 0.15) is 11.3 Å². The SMILES string of the molecule is O=C(O)NCc1cc2cc(-c3ccc(C(=O)N4CCC(F)(F)CC4)cc3)cc(-c3ccncc3)c2o1. The average Bonchev–Trinajstić information content (AvgIpc) is 3.30. The Morgan fingerprint density at radius 2 is 1.67 bits per heavy atom. The van der Waals surface area contributed by atoms with Crippen molar-refractivity contribution < 1.29 is 27.9 Å². The molecule has 2 N–H and O–H groups in total. The van der Waals surface area contributed by atoms with Crippen molar-refractivity contribution in [1.82, 2.24) is 15.2 Å². The average molecular weight is 491 g/mol. The van der Waals surface area contributed by atoms with Gasteiger partial charge in [-0.3, -0.25) is 9.78 Å². The Bertz CT molecular complexity index is 1410. The molecule has 0 atom stereocenters. The molecule has 1 saturated heterocycles. The molecule has 0 saturated carbocycles. The van der Waals surface area contributed by atoms with Crippen molar-refractivity contribution in [3.63, 3.8) is 0 Å². The molecule has 0 spiro atoms. The number of piperidine rings is 1. The van der Waals surface area contributed by atoms with E-state index >= 15 is 0 Å². The van der Waals surface area contributed by atoms with Crippen LogP contribution in [0.1, 0.15) is 29.0 Å². The van der Waals surface area contributed by atoms with Gasteiger partial charge in [-0.2, -0.15) is 0 Å². The van der Waals surface area contributed by atoms with Crippen LogP contribution in [0.2, 0.25) is 0 Å². The highest BCUT2D eigenvalue weighted by Gasteiger charge is 2.35. The Kier molecular flexibility index (Phi) is 6.13. The summed E-state index contributed by atoms with van der Waals surface area (Å²) in [5.41, 5.74) is 4.52. The van der Waals surface area contributed by atoms with Gasteiger partial charge in [0.2, 0.25) is 0 Å². The Morgan fingerprint density at radius 1 is 0.972 bits per heavy atom. The Labute approximate surface area is 205 Å². The first-order valence-electron chi connectivity index (χ1n) is 11.5. The van der Waals surface area contributed by atoms with E-state index in [1.54, 1.807) is 30.6 Å². The van der Waals surface area contributed by atoms with Crippen LogP contribution >= 0.6 is 0 Å². The van der Waals surface area contributed by atoms with Gasteiger partial charge in [-0.15, -0.1) is 0 Å². The number of carbonyl (C=O) groups is 2. The highest BCUT2D eigenvalue weighted by molar-refractivity contribution is 5.98. The lowest BCUT2D eigenvalue weighted by molar-refractivity contribution is -0.0494. The maximum Gasteiger partial charge on any atom is 0.405 e. The van der Waals surface area contributed by atoms with Crippen LogP contribution in [0.3, 0.4) is 0 Å². The fraction of sp³-hybridized carbons (Fsp3) is 0.222. The fourth-order valence-electron chi connectivity index (χ4n) is 4.39. The minimum atomic E-state index is -2.71. The minimum Gasteiger partial charge on any atom is -0.465 e. The number of aromatic nitrogens is 1. The summed E-state index contributed by atoms with van der Waals surface area (Å²) in [6.45, 7) is 0.118. The standard InChI is InChI=1S/C27H23F2N3O4/c28-27(29)7-11-32(12-8-27)25(33)19-3-1-17(2-4-19)20-13-21-14-22(16-31-26(34)35)36-24(21)23(15-20)18-5-9-30-10-6-18/h1-6,9-10,13-15,31H,7-8,11-12,16H2,(H,34,35). The van der Waals surface area contributed by atoms with Crippen LogP contribution in [-0.2, 0) is 6.54 Å². The lowest BCUT2D eigenvalue weighted by Crippen LogP contribution is -2.42. The first-order chi connectivity index (χ1) is 17.3. The van der Waals surface area contributed by atoms with Crippen LogP contribution in [0.25, 0.3) is 33.2 Å². The van der Waals surface area contributed by atoms with E-state index in [-0.39, 0.29) is 38.4 Å². The molecule has 36 heavy (non-hydrogen) atoms. The predicted octanol–water partition coefficient (Wildman–Crippen LogP) is 5.80. The number of furan rings is 1. The van der Waals surface area contributed by atoms with Crippen molar-refractivity contribution in [3.8, 4) is 22.3 Å². The van der Waals surface area contributed by atoms with Crippen molar-refractivity contribution in [2.24, 2.45) is 0 Å². The van der Waals surface area contributed by atoms with Gasteiger partial charge < -0.3 is 19.7 Å². The summed E-state index contributed by atoms with van der Waals surface area (Å²) in [5.74, 6) is -2.48. The zero-order valence-corrected chi connectivity index (χ0v) is 19.2. The van der Waals surface area contributed by atoms with Crippen LogP contribution in [0.15, 0.2) is 71.4 Å². The fourth-order valence-corrected chi connectivity index (χ4v) is 4.39. The molecule has 9 heteroatoms. The number of fused-ring (bicyclic) bond motifs is 1. The predicted molar refractivity (Wildman–Crippen MR) is 130 cm³/mol. The molecule has 4 aromatic rings. The number of hydrogen-bond acceptors (Lipinski definition) is 4. The summed E-state index contributed by atoms with van der Waals surface area (Å²) in [6.07, 6.45) is 1.59. The second-order valence-corrected chi connectivity index (χ2v) is 8.77. The number of alkyl halides is 2.